The van der Waals surface area contributed by atoms with Gasteiger partial charge in [-0.15, -0.1) is 0 Å². The molecule has 0 fully saturated rings. The molecule has 0 saturated carbocycles. The van der Waals surface area contributed by atoms with E-state index in [-0.39, 0.29) is 10.8 Å². The highest BCUT2D eigenvalue weighted by atomic mass is 28.4. The summed E-state index contributed by atoms with van der Waals surface area (Å²) >= 11 is 0. The number of ketones is 1. The zero-order valence-electron chi connectivity index (χ0n) is 12.1. The third kappa shape index (κ3) is 3.13. The average Bonchev–Trinajstić information content (AvgIpc) is 2.18. The highest BCUT2D eigenvalue weighted by molar-refractivity contribution is 6.74. The molecule has 4 heteroatoms. The molecule has 1 rings (SSSR count). The summed E-state index contributed by atoms with van der Waals surface area (Å²) in [4.78, 5) is 11.5. The number of carbonyl (C=O) groups is 1. The van der Waals surface area contributed by atoms with Gasteiger partial charge in [-0.1, -0.05) is 20.8 Å². The van der Waals surface area contributed by atoms with Gasteiger partial charge in [-0.2, -0.15) is 0 Å². The summed E-state index contributed by atoms with van der Waals surface area (Å²) in [6.45, 7) is 12.4. The first-order chi connectivity index (χ1) is 8.04. The van der Waals surface area contributed by atoms with Gasteiger partial charge in [0.05, 0.1) is 0 Å². The summed E-state index contributed by atoms with van der Waals surface area (Å²) in [7, 11) is -1.87. The molecule has 0 atom stereocenters. The molecule has 2 N–H and O–H groups in total. The molecule has 0 aliphatic heterocycles. The minimum absolute atomic E-state index is 0.0341. The van der Waals surface area contributed by atoms with Crippen molar-refractivity contribution in [3.05, 3.63) is 23.8 Å². The maximum Gasteiger partial charge on any atom is 0.250 e. The maximum atomic E-state index is 11.5. The van der Waals surface area contributed by atoms with Crippen molar-refractivity contribution in [1.82, 2.24) is 0 Å². The van der Waals surface area contributed by atoms with Crippen molar-refractivity contribution in [1.29, 1.82) is 0 Å². The van der Waals surface area contributed by atoms with E-state index in [0.29, 0.717) is 11.3 Å². The predicted octanol–water partition coefficient (Wildman–Crippen LogP) is 3.86. The smallest absolute Gasteiger partial charge is 0.250 e. The largest absolute Gasteiger partial charge is 0.543 e. The number of anilines is 1. The predicted molar refractivity (Wildman–Crippen MR) is 78.7 cm³/mol. The van der Waals surface area contributed by atoms with Crippen LogP contribution in [0.1, 0.15) is 38.1 Å². The van der Waals surface area contributed by atoms with Crippen molar-refractivity contribution in [3.63, 3.8) is 0 Å². The molecule has 0 unspecified atom stereocenters. The maximum absolute atomic E-state index is 11.5. The van der Waals surface area contributed by atoms with Crippen LogP contribution in [0.25, 0.3) is 0 Å². The molecule has 3 nitrogen and oxygen atoms in total. The van der Waals surface area contributed by atoms with Gasteiger partial charge in [-0.25, -0.2) is 0 Å². The van der Waals surface area contributed by atoms with Gasteiger partial charge in [0.1, 0.15) is 5.75 Å². The van der Waals surface area contributed by atoms with Crippen LogP contribution in [-0.2, 0) is 0 Å². The first kappa shape index (κ1) is 14.8. The molecule has 18 heavy (non-hydrogen) atoms. The standard InChI is InChI=1S/C14H23NO2Si/c1-10(16)12-9-11(7-8-13(12)15)17-18(5,6)14(2,3)4/h7-9H,15H2,1-6H3. The Morgan fingerprint density at radius 3 is 2.28 bits per heavy atom. The van der Waals surface area contributed by atoms with Crippen LogP contribution >= 0.6 is 0 Å². The monoisotopic (exact) mass is 265 g/mol. The van der Waals surface area contributed by atoms with Gasteiger partial charge in [0, 0.05) is 11.3 Å². The van der Waals surface area contributed by atoms with Crippen LogP contribution in [0.5, 0.6) is 5.75 Å². The van der Waals surface area contributed by atoms with Gasteiger partial charge < -0.3 is 10.2 Å². The van der Waals surface area contributed by atoms with Crippen LogP contribution in [-0.4, -0.2) is 14.1 Å². The quantitative estimate of drug-likeness (QED) is 0.513. The van der Waals surface area contributed by atoms with E-state index in [0.717, 1.165) is 5.75 Å². The fourth-order valence-corrected chi connectivity index (χ4v) is 2.37. The van der Waals surface area contributed by atoms with Crippen LogP contribution in [0.4, 0.5) is 5.69 Å². The number of nitrogen functional groups attached to an aromatic ring is 1. The topological polar surface area (TPSA) is 52.3 Å². The molecule has 0 radical (unpaired) electrons. The minimum atomic E-state index is -1.87. The van der Waals surface area contributed by atoms with Crippen LogP contribution in [0.3, 0.4) is 0 Å². The van der Waals surface area contributed by atoms with Gasteiger partial charge in [0.25, 0.3) is 0 Å². The van der Waals surface area contributed by atoms with E-state index in [1.54, 1.807) is 12.1 Å². The van der Waals surface area contributed by atoms with E-state index < -0.39 is 8.32 Å². The molecule has 0 aliphatic rings. The summed E-state index contributed by atoms with van der Waals surface area (Å²) in [5, 5.41) is 0.130. The van der Waals surface area contributed by atoms with E-state index in [1.807, 2.05) is 6.07 Å². The lowest BCUT2D eigenvalue weighted by Gasteiger charge is -2.36. The average molecular weight is 265 g/mol. The van der Waals surface area contributed by atoms with Crippen molar-refractivity contribution in [2.45, 2.75) is 45.8 Å². The molecule has 0 heterocycles. The summed E-state index contributed by atoms with van der Waals surface area (Å²) in [5.74, 6) is 0.703. The highest BCUT2D eigenvalue weighted by Crippen LogP contribution is 2.37. The van der Waals surface area contributed by atoms with Gasteiger partial charge in [0.2, 0.25) is 8.32 Å². The molecule has 0 amide bonds. The Bertz CT molecular complexity index is 461. The van der Waals surface area contributed by atoms with E-state index in [9.17, 15) is 4.79 Å². The number of carbonyl (C=O) groups excluding carboxylic acids is 1. The van der Waals surface area contributed by atoms with Crippen LogP contribution in [0, 0.1) is 0 Å². The Labute approximate surface area is 110 Å². The number of hydrogen-bond acceptors (Lipinski definition) is 3. The Balaban J connectivity index is 3.07. The zero-order chi connectivity index (χ0) is 14.1. The van der Waals surface area contributed by atoms with Crippen molar-refractivity contribution in [2.75, 3.05) is 5.73 Å². The van der Waals surface area contributed by atoms with Crippen molar-refractivity contribution >= 4 is 19.8 Å². The molecule has 0 saturated heterocycles. The van der Waals surface area contributed by atoms with Gasteiger partial charge in [-0.05, 0) is 43.3 Å². The fourth-order valence-electron chi connectivity index (χ4n) is 1.35. The molecule has 1 aromatic carbocycles. The Morgan fingerprint density at radius 1 is 1.28 bits per heavy atom. The summed E-state index contributed by atoms with van der Waals surface area (Å²) in [6, 6.07) is 5.32. The van der Waals surface area contributed by atoms with Crippen molar-refractivity contribution < 1.29 is 9.22 Å². The highest BCUT2D eigenvalue weighted by Gasteiger charge is 2.39. The van der Waals surface area contributed by atoms with E-state index in [4.69, 9.17) is 10.2 Å². The molecule has 0 spiro atoms. The molecule has 0 aromatic heterocycles. The molecule has 100 valence electrons. The van der Waals surface area contributed by atoms with Crippen LogP contribution in [0.2, 0.25) is 18.1 Å². The lowest BCUT2D eigenvalue weighted by Crippen LogP contribution is -2.43. The van der Waals surface area contributed by atoms with E-state index in [2.05, 4.69) is 33.9 Å². The van der Waals surface area contributed by atoms with Gasteiger partial charge >= 0.3 is 0 Å². The van der Waals surface area contributed by atoms with Crippen LogP contribution < -0.4 is 10.2 Å². The Morgan fingerprint density at radius 2 is 1.83 bits per heavy atom. The van der Waals surface area contributed by atoms with Crippen LogP contribution in [0.15, 0.2) is 18.2 Å². The lowest BCUT2D eigenvalue weighted by molar-refractivity contribution is 0.101. The number of hydrogen-bond donors (Lipinski definition) is 1. The van der Waals surface area contributed by atoms with Crippen molar-refractivity contribution in [2.24, 2.45) is 0 Å². The normalized spacial score (nSPS) is 12.3. The van der Waals surface area contributed by atoms with E-state index >= 15 is 0 Å². The Kier molecular flexibility index (Phi) is 3.91. The summed E-state index contributed by atoms with van der Waals surface area (Å²) in [5.41, 5.74) is 6.81. The molecular weight excluding hydrogens is 242 g/mol. The SMILES string of the molecule is CC(=O)c1cc(O[Si](C)(C)C(C)(C)C)ccc1N. The third-order valence-corrected chi connectivity index (χ3v) is 7.94. The fraction of sp³-hybridized carbons (Fsp3) is 0.500. The van der Waals surface area contributed by atoms with E-state index in [1.165, 1.54) is 6.92 Å². The minimum Gasteiger partial charge on any atom is -0.543 e. The second-order valence-corrected chi connectivity index (χ2v) is 10.9. The Hall–Kier alpha value is -1.29. The number of nitrogens with two attached hydrogens (primary N) is 1. The first-order valence-electron chi connectivity index (χ1n) is 6.14. The second-order valence-electron chi connectivity index (χ2n) is 6.17. The first-order valence-corrected chi connectivity index (χ1v) is 9.05. The molecule has 0 aliphatic carbocycles. The third-order valence-electron chi connectivity index (χ3n) is 3.58. The van der Waals surface area contributed by atoms with Gasteiger partial charge in [-0.3, -0.25) is 4.79 Å². The second kappa shape index (κ2) is 4.76. The van der Waals surface area contributed by atoms with Gasteiger partial charge in [0.15, 0.2) is 5.78 Å². The number of benzene rings is 1. The molecule has 0 bridgehead atoms. The zero-order valence-corrected chi connectivity index (χ0v) is 13.1. The summed E-state index contributed by atoms with van der Waals surface area (Å²) < 4.78 is 6.14. The summed E-state index contributed by atoms with van der Waals surface area (Å²) in [6.07, 6.45) is 0. The van der Waals surface area contributed by atoms with Crippen molar-refractivity contribution in [3.8, 4) is 5.75 Å². The number of Topliss-reactive ketones (excluding diaryl/α,β-unsaturated/α-hetero) is 1. The number of rotatable bonds is 3. The lowest BCUT2D eigenvalue weighted by atomic mass is 10.1. The molecule has 1 aromatic rings. The molecular formula is C14H23NO2Si.